The highest BCUT2D eigenvalue weighted by Gasteiger charge is 2.50. The Balaban J connectivity index is 2.69. The van der Waals surface area contributed by atoms with Gasteiger partial charge in [0.15, 0.2) is 24.6 Å². The molecule has 1 fully saturated rings. The van der Waals surface area contributed by atoms with E-state index >= 15 is 0 Å². The van der Waals surface area contributed by atoms with E-state index in [2.05, 4.69) is 93.7 Å². The lowest BCUT2D eigenvalue weighted by atomic mass is 9.98. The van der Waals surface area contributed by atoms with Gasteiger partial charge in [-0.05, 0) is 89.9 Å². The number of allylic oxidation sites excluding steroid dienone is 12. The first-order chi connectivity index (χ1) is 38.6. The Labute approximate surface area is 480 Å². The van der Waals surface area contributed by atoms with Crippen LogP contribution in [0.5, 0.6) is 0 Å². The SMILES string of the molecule is CC/C=C\C/C=C\C/C=C\C/C=C\CCCCCCC(=O)OCC(COC1OC(C(=O)O)C(O)C(O)C1OC(=O)CCCCCCC/C=C\C/C=C\CCCCC)OC(=O)CCCCCCCCCCCCCCCCCCC. The Morgan fingerprint density at radius 3 is 1.24 bits per heavy atom. The highest BCUT2D eigenvalue weighted by atomic mass is 16.7. The predicted octanol–water partition coefficient (Wildman–Crippen LogP) is 16.9. The number of unbranched alkanes of at least 4 members (excludes halogenated alkanes) is 28. The summed E-state index contributed by atoms with van der Waals surface area (Å²) in [6.07, 6.45) is 57.1. The number of aliphatic hydroxyl groups is 2. The fourth-order valence-corrected chi connectivity index (χ4v) is 9.39. The Kier molecular flexibility index (Phi) is 50.7. The Morgan fingerprint density at radius 2 is 0.797 bits per heavy atom. The van der Waals surface area contributed by atoms with Gasteiger partial charge in [0.2, 0.25) is 0 Å². The van der Waals surface area contributed by atoms with Crippen molar-refractivity contribution in [2.45, 2.75) is 314 Å². The standard InChI is InChI=1S/C67H114O12/c1-4-7-10-13-16-19-22-25-28-30-33-35-38-41-44-47-50-53-59(68)75-56-58(77-60(69)54-51-48-45-42-39-37-34-31-29-26-23-20-17-14-11-8-5-2)57-76-67-65(63(72)62(71)64(79-67)66(73)74)78-61(70)55-52-49-46-43-40-36-32-27-24-21-18-15-12-9-6-3/h7,10,16,18-19,21,25,27-28,32-33,35,58,62-65,67,71-72H,4-6,8-9,11-15,17,20,22-24,26,29-31,34,36-57H2,1-3H3,(H,73,74)/b10-7-,19-16-,21-18-,28-25-,32-27-,35-33-. The molecule has 0 aromatic rings. The smallest absolute Gasteiger partial charge is 0.335 e. The van der Waals surface area contributed by atoms with Crippen LogP contribution in [0.15, 0.2) is 72.9 Å². The molecule has 0 amide bonds. The number of aliphatic hydroxyl groups excluding tert-OH is 2. The van der Waals surface area contributed by atoms with Gasteiger partial charge >= 0.3 is 23.9 Å². The maximum Gasteiger partial charge on any atom is 0.335 e. The molecule has 1 aliphatic heterocycles. The maximum atomic E-state index is 13.2. The van der Waals surface area contributed by atoms with Crippen LogP contribution in [0.2, 0.25) is 0 Å². The van der Waals surface area contributed by atoms with Crippen molar-refractivity contribution in [3.05, 3.63) is 72.9 Å². The van der Waals surface area contributed by atoms with E-state index < -0.39 is 67.3 Å². The van der Waals surface area contributed by atoms with E-state index in [9.17, 15) is 34.5 Å². The number of carboxylic acid groups (broad SMARTS) is 1. The molecular formula is C67H114O12. The summed E-state index contributed by atoms with van der Waals surface area (Å²) in [4.78, 5) is 51.3. The number of carbonyl (C=O) groups is 4. The summed E-state index contributed by atoms with van der Waals surface area (Å²) in [5.74, 6) is -3.15. The van der Waals surface area contributed by atoms with Gasteiger partial charge in [-0.1, -0.05) is 241 Å². The molecule has 0 radical (unpaired) electrons. The Morgan fingerprint density at radius 1 is 0.430 bits per heavy atom. The van der Waals surface area contributed by atoms with Crippen molar-refractivity contribution < 1.29 is 58.2 Å². The zero-order valence-electron chi connectivity index (χ0n) is 50.1. The second kappa shape index (κ2) is 54.7. The van der Waals surface area contributed by atoms with Crippen LogP contribution in [0.3, 0.4) is 0 Å². The molecule has 0 aromatic carbocycles. The number of aliphatic carboxylic acids is 1. The van der Waals surface area contributed by atoms with E-state index in [0.717, 1.165) is 116 Å². The fourth-order valence-electron chi connectivity index (χ4n) is 9.39. The van der Waals surface area contributed by atoms with Crippen LogP contribution in [-0.4, -0.2) is 89.2 Å². The second-order valence-corrected chi connectivity index (χ2v) is 21.7. The van der Waals surface area contributed by atoms with Gasteiger partial charge in [0, 0.05) is 19.3 Å². The summed E-state index contributed by atoms with van der Waals surface area (Å²) < 4.78 is 28.5. The predicted molar refractivity (Wildman–Crippen MR) is 322 cm³/mol. The number of esters is 3. The average Bonchev–Trinajstić information content (AvgIpc) is 3.46. The van der Waals surface area contributed by atoms with Gasteiger partial charge in [0.05, 0.1) is 6.61 Å². The molecule has 0 aromatic heterocycles. The van der Waals surface area contributed by atoms with Crippen molar-refractivity contribution in [2.24, 2.45) is 0 Å². The van der Waals surface area contributed by atoms with Gasteiger partial charge in [-0.25, -0.2) is 4.79 Å². The molecule has 0 spiro atoms. The Bertz CT molecular complexity index is 1650. The third-order valence-electron chi connectivity index (χ3n) is 14.3. The van der Waals surface area contributed by atoms with E-state index in [1.807, 2.05) is 0 Å². The first-order valence-electron chi connectivity index (χ1n) is 31.9. The molecular weight excluding hydrogens is 997 g/mol. The molecule has 12 heteroatoms. The van der Waals surface area contributed by atoms with Crippen molar-refractivity contribution in [2.75, 3.05) is 13.2 Å². The summed E-state index contributed by atoms with van der Waals surface area (Å²) >= 11 is 0. The third-order valence-corrected chi connectivity index (χ3v) is 14.3. The minimum atomic E-state index is -1.91. The van der Waals surface area contributed by atoms with Crippen LogP contribution in [0.1, 0.15) is 278 Å². The van der Waals surface area contributed by atoms with Crippen LogP contribution < -0.4 is 0 Å². The minimum absolute atomic E-state index is 0.0414. The van der Waals surface area contributed by atoms with Gasteiger partial charge in [-0.3, -0.25) is 14.4 Å². The number of carboxylic acids is 1. The summed E-state index contributed by atoms with van der Waals surface area (Å²) in [7, 11) is 0. The number of carbonyl (C=O) groups excluding carboxylic acids is 3. The molecule has 454 valence electrons. The first kappa shape index (κ1) is 73.2. The number of hydrogen-bond acceptors (Lipinski definition) is 11. The van der Waals surface area contributed by atoms with Crippen LogP contribution >= 0.6 is 0 Å². The van der Waals surface area contributed by atoms with Crippen molar-refractivity contribution in [1.29, 1.82) is 0 Å². The largest absolute Gasteiger partial charge is 0.479 e. The molecule has 1 heterocycles. The quantitative estimate of drug-likeness (QED) is 0.0228. The lowest BCUT2D eigenvalue weighted by Gasteiger charge is -2.40. The molecule has 12 nitrogen and oxygen atoms in total. The van der Waals surface area contributed by atoms with Crippen LogP contribution in [0.4, 0.5) is 0 Å². The van der Waals surface area contributed by atoms with Crippen molar-refractivity contribution in [3.8, 4) is 0 Å². The van der Waals surface area contributed by atoms with Crippen molar-refractivity contribution in [1.82, 2.24) is 0 Å². The van der Waals surface area contributed by atoms with Gasteiger partial charge in [-0.15, -0.1) is 0 Å². The molecule has 79 heavy (non-hydrogen) atoms. The van der Waals surface area contributed by atoms with E-state index in [-0.39, 0.29) is 25.9 Å². The average molecular weight is 1110 g/mol. The van der Waals surface area contributed by atoms with Crippen LogP contribution in [-0.2, 0) is 42.9 Å². The molecule has 6 unspecified atom stereocenters. The van der Waals surface area contributed by atoms with Gasteiger partial charge < -0.3 is 39.0 Å². The summed E-state index contributed by atoms with van der Waals surface area (Å²) in [5.41, 5.74) is 0. The number of hydrogen-bond donors (Lipinski definition) is 3. The van der Waals surface area contributed by atoms with Crippen molar-refractivity contribution >= 4 is 23.9 Å². The lowest BCUT2D eigenvalue weighted by molar-refractivity contribution is -0.301. The van der Waals surface area contributed by atoms with Gasteiger partial charge in [-0.2, -0.15) is 0 Å². The molecule has 1 rings (SSSR count). The summed E-state index contributed by atoms with van der Waals surface area (Å²) in [5, 5.41) is 31.6. The second-order valence-electron chi connectivity index (χ2n) is 21.7. The van der Waals surface area contributed by atoms with Gasteiger partial charge in [0.25, 0.3) is 0 Å². The normalized spacial score (nSPS) is 18.3. The van der Waals surface area contributed by atoms with E-state index in [4.69, 9.17) is 23.7 Å². The molecule has 0 bridgehead atoms. The highest BCUT2D eigenvalue weighted by molar-refractivity contribution is 5.74. The van der Waals surface area contributed by atoms with E-state index in [1.54, 1.807) is 0 Å². The third kappa shape index (κ3) is 44.5. The molecule has 6 atom stereocenters. The van der Waals surface area contributed by atoms with Crippen molar-refractivity contribution in [3.63, 3.8) is 0 Å². The molecule has 0 saturated carbocycles. The number of ether oxygens (including phenoxy) is 5. The zero-order chi connectivity index (χ0) is 57.5. The summed E-state index contributed by atoms with van der Waals surface area (Å²) in [6.45, 7) is 5.86. The summed E-state index contributed by atoms with van der Waals surface area (Å²) in [6, 6.07) is 0. The molecule has 1 saturated heterocycles. The van der Waals surface area contributed by atoms with E-state index in [1.165, 1.54) is 103 Å². The minimum Gasteiger partial charge on any atom is -0.479 e. The maximum absolute atomic E-state index is 13.2. The number of rotatable bonds is 54. The first-order valence-corrected chi connectivity index (χ1v) is 31.9. The highest BCUT2D eigenvalue weighted by Crippen LogP contribution is 2.27. The molecule has 3 N–H and O–H groups in total. The monoisotopic (exact) mass is 1110 g/mol. The topological polar surface area (TPSA) is 175 Å². The lowest BCUT2D eigenvalue weighted by Crippen LogP contribution is -2.61. The van der Waals surface area contributed by atoms with Crippen LogP contribution in [0, 0.1) is 0 Å². The Hall–Kier alpha value is -3.84. The zero-order valence-corrected chi connectivity index (χ0v) is 50.1. The van der Waals surface area contributed by atoms with Crippen LogP contribution in [0.25, 0.3) is 0 Å². The van der Waals surface area contributed by atoms with E-state index in [0.29, 0.717) is 19.3 Å². The molecule has 0 aliphatic carbocycles. The molecule has 1 aliphatic rings. The fraction of sp³-hybridized carbons (Fsp3) is 0.761. The van der Waals surface area contributed by atoms with Gasteiger partial charge in [0.1, 0.15) is 18.8 Å².